The molecule has 1 atom stereocenters. The predicted octanol–water partition coefficient (Wildman–Crippen LogP) is 3.53. The number of aromatic nitrogens is 3. The van der Waals surface area contributed by atoms with Gasteiger partial charge in [0.25, 0.3) is 0 Å². The van der Waals surface area contributed by atoms with E-state index in [0.29, 0.717) is 12.3 Å². The fourth-order valence-corrected chi connectivity index (χ4v) is 4.36. The van der Waals surface area contributed by atoms with Crippen molar-refractivity contribution in [3.8, 4) is 0 Å². The van der Waals surface area contributed by atoms with Crippen molar-refractivity contribution in [2.45, 2.75) is 13.5 Å². The van der Waals surface area contributed by atoms with Gasteiger partial charge in [-0.05, 0) is 17.7 Å². The lowest BCUT2D eigenvalue weighted by atomic mass is 10.2. The third-order valence-electron chi connectivity index (χ3n) is 3.52. The second-order valence-corrected chi connectivity index (χ2v) is 7.63. The van der Waals surface area contributed by atoms with Gasteiger partial charge in [0.1, 0.15) is 11.0 Å². The fraction of sp³-hybridized carbons (Fsp3) is 0.235. The first-order valence-corrected chi connectivity index (χ1v) is 9.93. The van der Waals surface area contributed by atoms with Crippen molar-refractivity contribution < 1.29 is 4.79 Å². The molecular formula is C17H18N4OS2. The van der Waals surface area contributed by atoms with E-state index in [1.165, 1.54) is 11.0 Å². The Kier molecular flexibility index (Phi) is 5.77. The molecule has 1 heterocycles. The molecule has 0 spiro atoms. The van der Waals surface area contributed by atoms with Gasteiger partial charge in [0, 0.05) is 29.2 Å². The van der Waals surface area contributed by atoms with Gasteiger partial charge < -0.3 is 5.32 Å². The summed E-state index contributed by atoms with van der Waals surface area (Å²) < 4.78 is 1.79. The molecule has 3 rings (SSSR count). The van der Waals surface area contributed by atoms with Crippen LogP contribution in [0.5, 0.6) is 0 Å². The summed E-state index contributed by atoms with van der Waals surface area (Å²) in [5.74, 6) is 0.704. The molecule has 3 aromatic rings. The number of para-hydroxylation sites is 1. The molecule has 1 amide bonds. The molecule has 0 bridgehead atoms. The number of rotatable bonds is 7. The second kappa shape index (κ2) is 8.21. The van der Waals surface area contributed by atoms with Crippen molar-refractivity contribution in [3.05, 3.63) is 60.2 Å². The van der Waals surface area contributed by atoms with Gasteiger partial charge in [-0.15, -0.1) is 5.10 Å². The Bertz CT molecular complexity index is 806. The third-order valence-corrected chi connectivity index (χ3v) is 5.82. The first kappa shape index (κ1) is 16.9. The van der Waals surface area contributed by atoms with E-state index in [4.69, 9.17) is 0 Å². The lowest BCUT2D eigenvalue weighted by Crippen LogP contribution is -2.29. The Morgan fingerprint density at radius 1 is 1.17 bits per heavy atom. The molecule has 1 unspecified atom stereocenters. The Hall–Kier alpha value is -1.99. The van der Waals surface area contributed by atoms with Crippen LogP contribution in [0.2, 0.25) is 0 Å². The number of hydrogen-bond donors (Lipinski definition) is 1. The quantitative estimate of drug-likeness (QED) is 0.655. The Labute approximate surface area is 148 Å². The molecule has 0 aliphatic rings. The van der Waals surface area contributed by atoms with E-state index in [-0.39, 0.29) is 11.8 Å². The molecule has 0 aliphatic carbocycles. The van der Waals surface area contributed by atoms with Gasteiger partial charge in [0.2, 0.25) is 5.91 Å². The summed E-state index contributed by atoms with van der Waals surface area (Å²) in [5.41, 5.74) is 2.96. The fourth-order valence-electron chi connectivity index (χ4n) is 2.12. The molecule has 0 saturated carbocycles. The predicted molar refractivity (Wildman–Crippen MR) is 100 cm³/mol. The highest BCUT2D eigenvalue weighted by Gasteiger charge is 2.13. The zero-order valence-corrected chi connectivity index (χ0v) is 14.9. The van der Waals surface area contributed by atoms with E-state index in [1.807, 2.05) is 61.5 Å². The van der Waals surface area contributed by atoms with Gasteiger partial charge in [0.05, 0.1) is 0 Å². The molecule has 0 aliphatic heterocycles. The summed E-state index contributed by atoms with van der Waals surface area (Å²) in [6.45, 7) is 2.50. The molecule has 0 radical (unpaired) electrons. The maximum atomic E-state index is 12.2. The minimum Gasteiger partial charge on any atom is -0.352 e. The average molecular weight is 358 g/mol. The van der Waals surface area contributed by atoms with Crippen LogP contribution < -0.4 is 5.32 Å². The number of amides is 1. The van der Waals surface area contributed by atoms with Crippen molar-refractivity contribution in [1.82, 2.24) is 19.7 Å². The van der Waals surface area contributed by atoms with Crippen molar-refractivity contribution in [1.29, 1.82) is 0 Å². The van der Waals surface area contributed by atoms with Gasteiger partial charge in [-0.2, -0.15) is 4.09 Å². The minimum atomic E-state index is -0.0685. The van der Waals surface area contributed by atoms with Crippen LogP contribution in [-0.4, -0.2) is 26.1 Å². The number of carbonyl (C=O) groups excluding carboxylic acids is 1. The molecule has 124 valence electrons. The molecule has 5 nitrogen and oxygen atoms in total. The molecule has 0 saturated heterocycles. The van der Waals surface area contributed by atoms with E-state index in [2.05, 4.69) is 15.6 Å². The van der Waals surface area contributed by atoms with Crippen molar-refractivity contribution in [3.63, 3.8) is 0 Å². The SMILES string of the molecule is CC(CSSn1nnc2ccccc21)C(=O)NCc1ccccc1. The smallest absolute Gasteiger partial charge is 0.223 e. The normalized spacial score (nSPS) is 12.2. The largest absolute Gasteiger partial charge is 0.352 e. The van der Waals surface area contributed by atoms with Gasteiger partial charge in [-0.3, -0.25) is 4.79 Å². The number of nitrogens with zero attached hydrogens (tertiary/aromatic N) is 3. The standard InChI is InChI=1S/C17H18N4OS2/c1-13(17(22)18-11-14-7-3-2-4-8-14)12-23-24-21-16-10-6-5-9-15(16)19-20-21/h2-10,13H,11-12H2,1H3,(H,18,22). The Balaban J connectivity index is 1.45. The van der Waals surface area contributed by atoms with Crippen LogP contribution in [0.1, 0.15) is 12.5 Å². The van der Waals surface area contributed by atoms with Gasteiger partial charge in [-0.1, -0.05) is 65.4 Å². The summed E-state index contributed by atoms with van der Waals surface area (Å²) in [4.78, 5) is 12.2. The van der Waals surface area contributed by atoms with Crippen molar-refractivity contribution in [2.75, 3.05) is 5.75 Å². The summed E-state index contributed by atoms with van der Waals surface area (Å²) in [6.07, 6.45) is 0. The number of nitrogens with one attached hydrogen (secondary N) is 1. The van der Waals surface area contributed by atoms with Crippen LogP contribution >= 0.6 is 21.8 Å². The summed E-state index contributed by atoms with van der Waals surface area (Å²) in [6, 6.07) is 17.8. The van der Waals surface area contributed by atoms with Crippen LogP contribution in [0.25, 0.3) is 11.0 Å². The highest BCUT2D eigenvalue weighted by molar-refractivity contribution is 8.76. The summed E-state index contributed by atoms with van der Waals surface area (Å²) in [5, 5.41) is 11.2. The molecule has 2 aromatic carbocycles. The van der Waals surface area contributed by atoms with E-state index in [1.54, 1.807) is 14.9 Å². The third kappa shape index (κ3) is 4.30. The highest BCUT2D eigenvalue weighted by atomic mass is 33.1. The average Bonchev–Trinajstić information content (AvgIpc) is 3.04. The number of carbonyl (C=O) groups is 1. The van der Waals surface area contributed by atoms with Gasteiger partial charge >= 0.3 is 0 Å². The zero-order chi connectivity index (χ0) is 16.8. The lowest BCUT2D eigenvalue weighted by molar-refractivity contribution is -0.124. The number of hydrogen-bond acceptors (Lipinski definition) is 5. The van der Waals surface area contributed by atoms with E-state index >= 15 is 0 Å². The summed E-state index contributed by atoms with van der Waals surface area (Å²) in [7, 11) is 3.10. The number of benzene rings is 2. The van der Waals surface area contributed by atoms with Crippen molar-refractivity contribution in [2.24, 2.45) is 5.92 Å². The minimum absolute atomic E-state index is 0.0652. The van der Waals surface area contributed by atoms with Crippen LogP contribution in [0.3, 0.4) is 0 Å². The van der Waals surface area contributed by atoms with Crippen molar-refractivity contribution >= 4 is 38.7 Å². The Morgan fingerprint density at radius 3 is 2.75 bits per heavy atom. The Morgan fingerprint density at radius 2 is 1.92 bits per heavy atom. The monoisotopic (exact) mass is 358 g/mol. The first-order valence-electron chi connectivity index (χ1n) is 7.66. The van der Waals surface area contributed by atoms with E-state index < -0.39 is 0 Å². The lowest BCUT2D eigenvalue weighted by Gasteiger charge is -2.11. The number of fused-ring (bicyclic) bond motifs is 1. The highest BCUT2D eigenvalue weighted by Crippen LogP contribution is 2.28. The maximum Gasteiger partial charge on any atom is 0.223 e. The topological polar surface area (TPSA) is 59.8 Å². The van der Waals surface area contributed by atoms with Gasteiger partial charge in [-0.25, -0.2) is 0 Å². The van der Waals surface area contributed by atoms with Crippen LogP contribution in [0, 0.1) is 5.92 Å². The van der Waals surface area contributed by atoms with E-state index in [0.717, 1.165) is 16.6 Å². The second-order valence-electron chi connectivity index (χ2n) is 5.41. The van der Waals surface area contributed by atoms with Gasteiger partial charge in [0.15, 0.2) is 0 Å². The summed E-state index contributed by atoms with van der Waals surface area (Å²) >= 11 is 0. The molecule has 0 fully saturated rings. The van der Waals surface area contributed by atoms with Crippen LogP contribution in [-0.2, 0) is 11.3 Å². The molecule has 1 N–H and O–H groups in total. The van der Waals surface area contributed by atoms with Crippen LogP contribution in [0.4, 0.5) is 0 Å². The maximum absolute atomic E-state index is 12.2. The molecule has 1 aromatic heterocycles. The van der Waals surface area contributed by atoms with Crippen LogP contribution in [0.15, 0.2) is 54.6 Å². The van der Waals surface area contributed by atoms with E-state index in [9.17, 15) is 4.79 Å². The molecule has 7 heteroatoms. The molecule has 24 heavy (non-hydrogen) atoms. The molecular weight excluding hydrogens is 340 g/mol. The first-order chi connectivity index (χ1) is 11.7. The zero-order valence-electron chi connectivity index (χ0n) is 13.3.